The highest BCUT2D eigenvalue weighted by molar-refractivity contribution is 7.88. The first-order chi connectivity index (χ1) is 10.9. The standard InChI is InChI=1S/C16H24N2O4S/c1-23(20,21)18(12-15-8-5-11-22-15)13-16(19)17-10-9-14-6-3-2-4-7-14/h5-6,8,11H,2-4,7,9-10,12-13H2,1H3,(H,17,19). The molecule has 0 fully saturated rings. The number of rotatable bonds is 8. The maximum Gasteiger partial charge on any atom is 0.235 e. The maximum absolute atomic E-state index is 12.0. The van der Waals surface area contributed by atoms with Crippen molar-refractivity contribution in [3.05, 3.63) is 35.8 Å². The molecule has 0 bridgehead atoms. The summed E-state index contributed by atoms with van der Waals surface area (Å²) in [5.74, 6) is 0.217. The molecule has 1 aromatic rings. The van der Waals surface area contributed by atoms with E-state index in [1.165, 1.54) is 24.7 Å². The number of allylic oxidation sites excluding steroid dienone is 1. The molecule has 6 nitrogen and oxygen atoms in total. The number of nitrogens with one attached hydrogen (secondary N) is 1. The molecular weight excluding hydrogens is 316 g/mol. The van der Waals surface area contributed by atoms with Crippen molar-refractivity contribution >= 4 is 15.9 Å². The van der Waals surface area contributed by atoms with Gasteiger partial charge >= 0.3 is 0 Å². The Morgan fingerprint density at radius 1 is 1.39 bits per heavy atom. The van der Waals surface area contributed by atoms with Crippen molar-refractivity contribution in [2.45, 2.75) is 38.6 Å². The van der Waals surface area contributed by atoms with Crippen LogP contribution in [-0.4, -0.2) is 38.0 Å². The van der Waals surface area contributed by atoms with Crippen LogP contribution in [0.5, 0.6) is 0 Å². The van der Waals surface area contributed by atoms with E-state index in [1.807, 2.05) is 0 Å². The van der Waals surface area contributed by atoms with E-state index in [9.17, 15) is 13.2 Å². The molecule has 7 heteroatoms. The first-order valence-electron chi connectivity index (χ1n) is 7.87. The smallest absolute Gasteiger partial charge is 0.235 e. The monoisotopic (exact) mass is 340 g/mol. The Morgan fingerprint density at radius 3 is 2.83 bits per heavy atom. The Labute approximate surface area is 137 Å². The van der Waals surface area contributed by atoms with Gasteiger partial charge in [-0.3, -0.25) is 4.79 Å². The number of furan rings is 1. The minimum atomic E-state index is -3.48. The van der Waals surface area contributed by atoms with Crippen molar-refractivity contribution in [1.82, 2.24) is 9.62 Å². The van der Waals surface area contributed by atoms with Crippen LogP contribution < -0.4 is 5.32 Å². The molecule has 0 saturated carbocycles. The van der Waals surface area contributed by atoms with Gasteiger partial charge in [0.2, 0.25) is 15.9 Å². The second-order valence-electron chi connectivity index (χ2n) is 5.82. The molecule has 0 spiro atoms. The van der Waals surface area contributed by atoms with Crippen LogP contribution in [0, 0.1) is 0 Å². The molecule has 1 aliphatic rings. The molecule has 1 aromatic heterocycles. The van der Waals surface area contributed by atoms with Gasteiger partial charge in [0.05, 0.1) is 25.6 Å². The summed E-state index contributed by atoms with van der Waals surface area (Å²) in [6, 6.07) is 3.37. The number of sulfonamides is 1. The van der Waals surface area contributed by atoms with Crippen molar-refractivity contribution in [2.24, 2.45) is 0 Å². The number of carbonyl (C=O) groups is 1. The van der Waals surface area contributed by atoms with Gasteiger partial charge in [-0.15, -0.1) is 0 Å². The fraction of sp³-hybridized carbons (Fsp3) is 0.562. The van der Waals surface area contributed by atoms with Crippen LogP contribution in [0.15, 0.2) is 34.5 Å². The van der Waals surface area contributed by atoms with Crippen LogP contribution in [0.3, 0.4) is 0 Å². The molecule has 1 N–H and O–H groups in total. The lowest BCUT2D eigenvalue weighted by atomic mass is 9.97. The summed E-state index contributed by atoms with van der Waals surface area (Å²) in [5.41, 5.74) is 1.38. The zero-order valence-corrected chi connectivity index (χ0v) is 14.3. The molecule has 0 aliphatic heterocycles. The van der Waals surface area contributed by atoms with Gasteiger partial charge in [-0.05, 0) is 44.2 Å². The molecule has 1 aliphatic carbocycles. The molecule has 0 unspecified atom stereocenters. The van der Waals surface area contributed by atoms with E-state index in [0.29, 0.717) is 12.3 Å². The van der Waals surface area contributed by atoms with Gasteiger partial charge in [-0.1, -0.05) is 11.6 Å². The predicted molar refractivity (Wildman–Crippen MR) is 88.1 cm³/mol. The molecule has 2 rings (SSSR count). The zero-order valence-electron chi connectivity index (χ0n) is 13.5. The third-order valence-corrected chi connectivity index (χ3v) is 5.05. The van der Waals surface area contributed by atoms with Crippen LogP contribution in [0.4, 0.5) is 0 Å². The maximum atomic E-state index is 12.0. The average Bonchev–Trinajstić information content (AvgIpc) is 3.00. The van der Waals surface area contributed by atoms with E-state index in [4.69, 9.17) is 4.42 Å². The van der Waals surface area contributed by atoms with E-state index in [0.717, 1.165) is 29.8 Å². The second kappa shape index (κ2) is 8.31. The molecule has 23 heavy (non-hydrogen) atoms. The Balaban J connectivity index is 1.81. The normalized spacial score (nSPS) is 15.5. The van der Waals surface area contributed by atoms with Crippen molar-refractivity contribution in [2.75, 3.05) is 19.3 Å². The SMILES string of the molecule is CS(=O)(=O)N(CC(=O)NCCC1=CCCCC1)Cc1ccco1. The molecule has 1 amide bonds. The number of hydrogen-bond donors (Lipinski definition) is 1. The van der Waals surface area contributed by atoms with Gasteiger partial charge in [0.25, 0.3) is 0 Å². The Kier molecular flexibility index (Phi) is 6.41. The van der Waals surface area contributed by atoms with Gasteiger partial charge in [0.15, 0.2) is 0 Å². The molecule has 0 aromatic carbocycles. The molecule has 128 valence electrons. The van der Waals surface area contributed by atoms with Crippen LogP contribution in [0.1, 0.15) is 37.9 Å². The predicted octanol–water partition coefficient (Wildman–Crippen LogP) is 2.05. The Hall–Kier alpha value is -1.60. The lowest BCUT2D eigenvalue weighted by Gasteiger charge is -2.18. The van der Waals surface area contributed by atoms with Gasteiger partial charge in [-0.2, -0.15) is 4.31 Å². The number of hydrogen-bond acceptors (Lipinski definition) is 4. The van der Waals surface area contributed by atoms with Gasteiger partial charge in [-0.25, -0.2) is 8.42 Å². The van der Waals surface area contributed by atoms with E-state index in [2.05, 4.69) is 11.4 Å². The van der Waals surface area contributed by atoms with Crippen molar-refractivity contribution in [1.29, 1.82) is 0 Å². The fourth-order valence-electron chi connectivity index (χ4n) is 2.58. The van der Waals surface area contributed by atoms with E-state index in [1.54, 1.807) is 12.1 Å². The Morgan fingerprint density at radius 2 is 2.22 bits per heavy atom. The lowest BCUT2D eigenvalue weighted by molar-refractivity contribution is -0.121. The van der Waals surface area contributed by atoms with Crippen molar-refractivity contribution in [3.63, 3.8) is 0 Å². The minimum absolute atomic E-state index is 0.0599. The van der Waals surface area contributed by atoms with Crippen LogP contribution >= 0.6 is 0 Å². The lowest BCUT2D eigenvalue weighted by Crippen LogP contribution is -2.40. The summed E-state index contributed by atoms with van der Waals surface area (Å²) >= 11 is 0. The average molecular weight is 340 g/mol. The first kappa shape index (κ1) is 17.7. The van der Waals surface area contributed by atoms with Crippen LogP contribution in [0.25, 0.3) is 0 Å². The van der Waals surface area contributed by atoms with E-state index in [-0.39, 0.29) is 19.0 Å². The molecule has 0 saturated heterocycles. The Bertz CT molecular complexity index is 635. The number of nitrogens with zero attached hydrogens (tertiary/aromatic N) is 1. The van der Waals surface area contributed by atoms with Gasteiger partial charge in [0, 0.05) is 6.54 Å². The fourth-order valence-corrected chi connectivity index (χ4v) is 3.29. The van der Waals surface area contributed by atoms with E-state index < -0.39 is 10.0 Å². The molecule has 0 radical (unpaired) electrons. The molecule has 0 atom stereocenters. The highest BCUT2D eigenvalue weighted by Crippen LogP contribution is 2.19. The number of carbonyl (C=O) groups excluding carboxylic acids is 1. The summed E-state index contributed by atoms with van der Waals surface area (Å²) < 4.78 is 29.9. The highest BCUT2D eigenvalue weighted by atomic mass is 32.2. The third-order valence-electron chi connectivity index (χ3n) is 3.85. The largest absolute Gasteiger partial charge is 0.468 e. The first-order valence-corrected chi connectivity index (χ1v) is 9.72. The van der Waals surface area contributed by atoms with Gasteiger partial charge in [0.1, 0.15) is 5.76 Å². The quantitative estimate of drug-likeness (QED) is 0.735. The summed E-state index contributed by atoms with van der Waals surface area (Å²) in [4.78, 5) is 12.0. The van der Waals surface area contributed by atoms with Crippen LogP contribution in [-0.2, 0) is 21.4 Å². The van der Waals surface area contributed by atoms with Gasteiger partial charge < -0.3 is 9.73 Å². The topological polar surface area (TPSA) is 79.6 Å². The van der Waals surface area contributed by atoms with Crippen molar-refractivity contribution < 1.29 is 17.6 Å². The zero-order chi connectivity index (χ0) is 16.7. The summed E-state index contributed by atoms with van der Waals surface area (Å²) in [6.07, 6.45) is 10.3. The summed E-state index contributed by atoms with van der Waals surface area (Å²) in [5, 5.41) is 2.80. The van der Waals surface area contributed by atoms with Crippen molar-refractivity contribution in [3.8, 4) is 0 Å². The second-order valence-corrected chi connectivity index (χ2v) is 7.80. The minimum Gasteiger partial charge on any atom is -0.468 e. The highest BCUT2D eigenvalue weighted by Gasteiger charge is 2.21. The molecular formula is C16H24N2O4S. The van der Waals surface area contributed by atoms with Crippen LogP contribution in [0.2, 0.25) is 0 Å². The summed E-state index contributed by atoms with van der Waals surface area (Å²) in [7, 11) is -3.48. The summed E-state index contributed by atoms with van der Waals surface area (Å²) in [6.45, 7) is 0.409. The number of amides is 1. The van der Waals surface area contributed by atoms with E-state index >= 15 is 0 Å². The molecule has 1 heterocycles. The third kappa shape index (κ3) is 6.19.